The van der Waals surface area contributed by atoms with E-state index in [0.29, 0.717) is 19.7 Å². The number of hydrogen-bond acceptors (Lipinski definition) is 3. The Morgan fingerprint density at radius 1 is 1.29 bits per heavy atom. The Kier molecular flexibility index (Phi) is 6.41. The molecule has 0 saturated heterocycles. The molecule has 0 saturated carbocycles. The maximum absolute atomic E-state index is 5.60. The summed E-state index contributed by atoms with van der Waals surface area (Å²) in [5, 5.41) is 3.05. The van der Waals surface area contributed by atoms with Crippen molar-refractivity contribution in [2.45, 2.75) is 0 Å². The van der Waals surface area contributed by atoms with Crippen LogP contribution in [0.4, 0.5) is 0 Å². The molecule has 0 bridgehead atoms. The molecule has 17 heavy (non-hydrogen) atoms. The first-order valence-corrected chi connectivity index (χ1v) is 6.57. The van der Waals surface area contributed by atoms with Gasteiger partial charge in [-0.3, -0.25) is 0 Å². The Labute approximate surface area is 118 Å². The number of nitrogens with one attached hydrogen (secondary N) is 1. The summed E-state index contributed by atoms with van der Waals surface area (Å²) in [4.78, 5) is 0. The summed E-state index contributed by atoms with van der Waals surface area (Å²) in [5.41, 5.74) is 0. The van der Waals surface area contributed by atoms with Gasteiger partial charge in [0.05, 0.1) is 22.6 Å². The van der Waals surface area contributed by atoms with Crippen LogP contribution in [-0.2, 0) is 0 Å². The minimum Gasteiger partial charge on any atom is -0.496 e. The predicted octanol–water partition coefficient (Wildman–Crippen LogP) is 2.82. The molecule has 0 aromatic heterocycles. The highest BCUT2D eigenvalue weighted by Gasteiger charge is 2.07. The third kappa shape index (κ3) is 4.58. The van der Waals surface area contributed by atoms with E-state index in [1.165, 1.54) is 0 Å². The Balaban J connectivity index is 2.54. The van der Waals surface area contributed by atoms with E-state index in [4.69, 9.17) is 15.9 Å². The first-order chi connectivity index (χ1) is 8.19. The fourth-order valence-electron chi connectivity index (χ4n) is 1.17. The smallest absolute Gasteiger partial charge is 0.134 e. The number of methoxy groups -OCH3 is 1. The van der Waals surface area contributed by atoms with Crippen molar-refractivity contribution in [2.75, 3.05) is 26.8 Å². The maximum atomic E-state index is 5.60. The van der Waals surface area contributed by atoms with E-state index in [1.807, 2.05) is 12.1 Å². The predicted molar refractivity (Wildman–Crippen MR) is 75.6 cm³/mol. The molecular formula is C12H13Br2NO2. The van der Waals surface area contributed by atoms with Gasteiger partial charge in [-0.15, -0.1) is 6.42 Å². The first kappa shape index (κ1) is 14.4. The molecular weight excluding hydrogens is 350 g/mol. The molecule has 0 spiro atoms. The molecule has 5 heteroatoms. The molecule has 1 aromatic carbocycles. The van der Waals surface area contributed by atoms with Gasteiger partial charge < -0.3 is 14.8 Å². The van der Waals surface area contributed by atoms with Crippen LogP contribution in [0.3, 0.4) is 0 Å². The third-order valence-electron chi connectivity index (χ3n) is 1.97. The maximum Gasteiger partial charge on any atom is 0.134 e. The Morgan fingerprint density at radius 3 is 2.59 bits per heavy atom. The van der Waals surface area contributed by atoms with Crippen LogP contribution in [0.5, 0.6) is 11.5 Å². The van der Waals surface area contributed by atoms with Crippen molar-refractivity contribution in [2.24, 2.45) is 0 Å². The number of ether oxygens (including phenoxy) is 2. The zero-order valence-electron chi connectivity index (χ0n) is 9.43. The molecule has 92 valence electrons. The third-order valence-corrected chi connectivity index (χ3v) is 3.21. The van der Waals surface area contributed by atoms with Gasteiger partial charge >= 0.3 is 0 Å². The van der Waals surface area contributed by atoms with Crippen molar-refractivity contribution in [3.8, 4) is 23.8 Å². The van der Waals surface area contributed by atoms with E-state index in [9.17, 15) is 0 Å². The Morgan fingerprint density at radius 2 is 1.94 bits per heavy atom. The van der Waals surface area contributed by atoms with Crippen molar-refractivity contribution in [3.63, 3.8) is 0 Å². The minimum absolute atomic E-state index is 0.552. The van der Waals surface area contributed by atoms with Gasteiger partial charge in [0.2, 0.25) is 0 Å². The molecule has 0 amide bonds. The average molecular weight is 363 g/mol. The fourth-order valence-corrected chi connectivity index (χ4v) is 2.09. The lowest BCUT2D eigenvalue weighted by Gasteiger charge is -2.11. The summed E-state index contributed by atoms with van der Waals surface area (Å²) in [6.45, 7) is 1.82. The van der Waals surface area contributed by atoms with E-state index in [0.717, 1.165) is 20.4 Å². The summed E-state index contributed by atoms with van der Waals surface area (Å²) in [5.74, 6) is 4.03. The summed E-state index contributed by atoms with van der Waals surface area (Å²) in [6, 6.07) is 3.72. The SMILES string of the molecule is C#CCNCCOc1cc(Br)c(OC)cc1Br. The summed E-state index contributed by atoms with van der Waals surface area (Å²) >= 11 is 6.83. The molecule has 0 heterocycles. The second-order valence-corrected chi connectivity index (χ2v) is 4.86. The molecule has 1 N–H and O–H groups in total. The van der Waals surface area contributed by atoms with Crippen molar-refractivity contribution in [3.05, 3.63) is 21.1 Å². The minimum atomic E-state index is 0.552. The van der Waals surface area contributed by atoms with Crippen LogP contribution in [0.2, 0.25) is 0 Å². The second-order valence-electron chi connectivity index (χ2n) is 3.15. The highest BCUT2D eigenvalue weighted by molar-refractivity contribution is 9.11. The van der Waals surface area contributed by atoms with Gasteiger partial charge in [0.15, 0.2) is 0 Å². The van der Waals surface area contributed by atoms with E-state index in [1.54, 1.807) is 7.11 Å². The zero-order valence-corrected chi connectivity index (χ0v) is 12.6. The lowest BCUT2D eigenvalue weighted by Crippen LogP contribution is -2.21. The number of benzene rings is 1. The molecule has 0 atom stereocenters. The lowest BCUT2D eigenvalue weighted by molar-refractivity contribution is 0.313. The van der Waals surface area contributed by atoms with Gasteiger partial charge in [0, 0.05) is 6.54 Å². The van der Waals surface area contributed by atoms with E-state index in [2.05, 4.69) is 43.1 Å². The summed E-state index contributed by atoms with van der Waals surface area (Å²) < 4.78 is 12.5. The van der Waals surface area contributed by atoms with Gasteiger partial charge in [0.1, 0.15) is 18.1 Å². The molecule has 1 aromatic rings. The molecule has 0 aliphatic rings. The van der Waals surface area contributed by atoms with E-state index in [-0.39, 0.29) is 0 Å². The van der Waals surface area contributed by atoms with Crippen molar-refractivity contribution >= 4 is 31.9 Å². The summed E-state index contributed by atoms with van der Waals surface area (Å²) in [6.07, 6.45) is 5.12. The second kappa shape index (κ2) is 7.59. The molecule has 0 aliphatic carbocycles. The van der Waals surface area contributed by atoms with Crippen molar-refractivity contribution in [1.29, 1.82) is 0 Å². The number of hydrogen-bond donors (Lipinski definition) is 1. The topological polar surface area (TPSA) is 30.5 Å². The number of halogens is 2. The van der Waals surface area contributed by atoms with Gasteiger partial charge in [0.25, 0.3) is 0 Å². The Bertz CT molecular complexity index is 416. The van der Waals surface area contributed by atoms with Crippen molar-refractivity contribution < 1.29 is 9.47 Å². The van der Waals surface area contributed by atoms with Gasteiger partial charge in [-0.05, 0) is 44.0 Å². The first-order valence-electron chi connectivity index (χ1n) is 4.99. The molecule has 0 aliphatic heterocycles. The van der Waals surface area contributed by atoms with Crippen LogP contribution in [0.25, 0.3) is 0 Å². The van der Waals surface area contributed by atoms with Crippen LogP contribution in [0.1, 0.15) is 0 Å². The largest absolute Gasteiger partial charge is 0.496 e. The zero-order chi connectivity index (χ0) is 12.7. The standard InChI is InChI=1S/C12H13Br2NO2/c1-3-4-15-5-6-17-12-8-9(13)11(16-2)7-10(12)14/h1,7-8,15H,4-6H2,2H3. The van der Waals surface area contributed by atoms with Crippen LogP contribution >= 0.6 is 31.9 Å². The van der Waals surface area contributed by atoms with Gasteiger partial charge in [-0.25, -0.2) is 0 Å². The molecule has 0 fully saturated rings. The van der Waals surface area contributed by atoms with Crippen molar-refractivity contribution in [1.82, 2.24) is 5.32 Å². The van der Waals surface area contributed by atoms with Gasteiger partial charge in [-0.2, -0.15) is 0 Å². The van der Waals surface area contributed by atoms with Crippen LogP contribution in [0.15, 0.2) is 21.1 Å². The normalized spacial score (nSPS) is 9.76. The highest BCUT2D eigenvalue weighted by Crippen LogP contribution is 2.35. The quantitative estimate of drug-likeness (QED) is 0.623. The Hall–Kier alpha value is -0.700. The number of terminal acetylenes is 1. The molecule has 0 radical (unpaired) electrons. The summed E-state index contributed by atoms with van der Waals surface area (Å²) in [7, 11) is 1.62. The van der Waals surface area contributed by atoms with E-state index < -0.39 is 0 Å². The molecule has 3 nitrogen and oxygen atoms in total. The lowest BCUT2D eigenvalue weighted by atomic mass is 10.3. The van der Waals surface area contributed by atoms with E-state index >= 15 is 0 Å². The van der Waals surface area contributed by atoms with Gasteiger partial charge in [-0.1, -0.05) is 5.92 Å². The van der Waals surface area contributed by atoms with Crippen LogP contribution in [0, 0.1) is 12.3 Å². The van der Waals surface area contributed by atoms with Crippen LogP contribution in [-0.4, -0.2) is 26.8 Å². The number of rotatable bonds is 6. The monoisotopic (exact) mass is 361 g/mol. The van der Waals surface area contributed by atoms with Crippen LogP contribution < -0.4 is 14.8 Å². The fraction of sp³-hybridized carbons (Fsp3) is 0.333. The average Bonchev–Trinajstić information content (AvgIpc) is 2.32. The molecule has 0 unspecified atom stereocenters. The molecule has 1 rings (SSSR count). The highest BCUT2D eigenvalue weighted by atomic mass is 79.9.